The summed E-state index contributed by atoms with van der Waals surface area (Å²) in [6.07, 6.45) is 1.66. The Bertz CT molecular complexity index is 1160. The summed E-state index contributed by atoms with van der Waals surface area (Å²) in [5.74, 6) is -1.06. The normalized spacial score (nSPS) is 18.0. The quantitative estimate of drug-likeness (QED) is 0.389. The number of benzene rings is 1. The van der Waals surface area contributed by atoms with Crippen LogP contribution in [0, 0.1) is 5.82 Å². The lowest BCUT2D eigenvalue weighted by atomic mass is 10.1. The molecule has 0 aliphatic heterocycles. The molecule has 0 bridgehead atoms. The van der Waals surface area contributed by atoms with Crippen molar-refractivity contribution in [1.82, 2.24) is 14.5 Å². The number of aryl methyl sites for hydroxylation is 1. The predicted molar refractivity (Wildman–Crippen MR) is 111 cm³/mol. The van der Waals surface area contributed by atoms with E-state index < -0.39 is 30.0 Å². The monoisotopic (exact) mass is 434 g/mol. The summed E-state index contributed by atoms with van der Waals surface area (Å²) in [5.41, 5.74) is -0.788. The Morgan fingerprint density at radius 3 is 2.74 bits per heavy atom. The fraction of sp³-hybridized carbons (Fsp3) is 0.409. The number of pyridine rings is 1. The number of alkyl halides is 3. The lowest BCUT2D eigenvalue weighted by Crippen LogP contribution is -2.19. The van der Waals surface area contributed by atoms with E-state index in [1.807, 2.05) is 0 Å². The van der Waals surface area contributed by atoms with Gasteiger partial charge in [-0.25, -0.2) is 27.5 Å². The standard InChI is InChI=1S/C22H22F4N4O/c1-2-3-4-6-30-7-5-12-8-14(16(23)9-13(12)22(30)31)20-27-11-15(19(25)26)21(29-20)28-18-10-17(18)24/h5,7-9,11,17-19H,2-4,6,10H2,1H3,(H,27,28,29). The molecule has 0 amide bonds. The fourth-order valence-corrected chi connectivity index (χ4v) is 3.47. The van der Waals surface area contributed by atoms with Gasteiger partial charge in [0.15, 0.2) is 5.82 Å². The second-order valence-corrected chi connectivity index (χ2v) is 7.74. The molecule has 1 aromatic carbocycles. The minimum absolute atomic E-state index is 0.0212. The van der Waals surface area contributed by atoms with Gasteiger partial charge in [0.2, 0.25) is 0 Å². The van der Waals surface area contributed by atoms with E-state index >= 15 is 0 Å². The maximum absolute atomic E-state index is 14.9. The number of unbranched alkanes of at least 4 members (excludes halogenated alkanes) is 2. The third kappa shape index (κ3) is 4.40. The summed E-state index contributed by atoms with van der Waals surface area (Å²) in [7, 11) is 0. The Balaban J connectivity index is 1.72. The molecule has 0 saturated heterocycles. The largest absolute Gasteiger partial charge is 0.364 e. The van der Waals surface area contributed by atoms with Crippen LogP contribution in [0.4, 0.5) is 23.4 Å². The average Bonchev–Trinajstić information content (AvgIpc) is 3.44. The second kappa shape index (κ2) is 8.64. The van der Waals surface area contributed by atoms with E-state index in [1.54, 1.807) is 16.8 Å². The molecular weight excluding hydrogens is 412 g/mol. The van der Waals surface area contributed by atoms with Gasteiger partial charge in [-0.05, 0) is 30.0 Å². The van der Waals surface area contributed by atoms with Gasteiger partial charge in [0.25, 0.3) is 12.0 Å². The lowest BCUT2D eigenvalue weighted by Gasteiger charge is -2.12. The molecule has 1 saturated carbocycles. The maximum atomic E-state index is 14.9. The number of nitrogens with zero attached hydrogens (tertiary/aromatic N) is 3. The lowest BCUT2D eigenvalue weighted by molar-refractivity contribution is 0.151. The number of hydrogen-bond donors (Lipinski definition) is 1. The van der Waals surface area contributed by atoms with Gasteiger partial charge in [0, 0.05) is 25.4 Å². The van der Waals surface area contributed by atoms with Crippen molar-refractivity contribution < 1.29 is 17.6 Å². The highest BCUT2D eigenvalue weighted by Crippen LogP contribution is 2.34. The van der Waals surface area contributed by atoms with Crippen LogP contribution in [0.5, 0.6) is 0 Å². The molecule has 4 rings (SSSR count). The van der Waals surface area contributed by atoms with E-state index in [4.69, 9.17) is 0 Å². The maximum Gasteiger partial charge on any atom is 0.268 e. The van der Waals surface area contributed by atoms with Crippen LogP contribution in [0.15, 0.2) is 35.4 Å². The van der Waals surface area contributed by atoms with Crippen LogP contribution in [0.2, 0.25) is 0 Å². The molecular formula is C22H22F4N4O. The van der Waals surface area contributed by atoms with Gasteiger partial charge in [-0.3, -0.25) is 4.79 Å². The summed E-state index contributed by atoms with van der Waals surface area (Å²) >= 11 is 0. The molecule has 0 radical (unpaired) electrons. The van der Waals surface area contributed by atoms with E-state index in [9.17, 15) is 22.4 Å². The molecule has 2 aromatic heterocycles. The number of nitrogens with one attached hydrogen (secondary N) is 1. The highest BCUT2D eigenvalue weighted by Gasteiger charge is 2.38. The summed E-state index contributed by atoms with van der Waals surface area (Å²) in [6.45, 7) is 2.62. The van der Waals surface area contributed by atoms with E-state index in [-0.39, 0.29) is 34.6 Å². The van der Waals surface area contributed by atoms with E-state index in [2.05, 4.69) is 22.2 Å². The summed E-state index contributed by atoms with van der Waals surface area (Å²) < 4.78 is 56.3. The minimum atomic E-state index is -2.86. The number of rotatable bonds is 8. The topological polar surface area (TPSA) is 59.8 Å². The minimum Gasteiger partial charge on any atom is -0.364 e. The van der Waals surface area contributed by atoms with Crippen molar-refractivity contribution in [2.24, 2.45) is 0 Å². The van der Waals surface area contributed by atoms with E-state index in [0.717, 1.165) is 31.5 Å². The first-order chi connectivity index (χ1) is 14.9. The zero-order valence-electron chi connectivity index (χ0n) is 16.9. The van der Waals surface area contributed by atoms with Gasteiger partial charge in [-0.1, -0.05) is 19.8 Å². The molecule has 31 heavy (non-hydrogen) atoms. The highest BCUT2D eigenvalue weighted by molar-refractivity contribution is 5.86. The zero-order chi connectivity index (χ0) is 22.1. The van der Waals surface area contributed by atoms with Crippen molar-refractivity contribution in [3.63, 3.8) is 0 Å². The van der Waals surface area contributed by atoms with Gasteiger partial charge in [0.1, 0.15) is 17.8 Å². The van der Waals surface area contributed by atoms with Crippen LogP contribution in [-0.2, 0) is 6.54 Å². The third-order valence-electron chi connectivity index (χ3n) is 5.39. The molecule has 2 atom stereocenters. The zero-order valence-corrected chi connectivity index (χ0v) is 16.9. The highest BCUT2D eigenvalue weighted by atomic mass is 19.3. The van der Waals surface area contributed by atoms with Crippen LogP contribution < -0.4 is 10.9 Å². The molecule has 1 N–H and O–H groups in total. The molecule has 0 spiro atoms. The van der Waals surface area contributed by atoms with Crippen LogP contribution in [0.25, 0.3) is 22.2 Å². The van der Waals surface area contributed by atoms with Crippen LogP contribution in [-0.4, -0.2) is 26.7 Å². The van der Waals surface area contributed by atoms with Gasteiger partial charge in [-0.2, -0.15) is 0 Å². The van der Waals surface area contributed by atoms with E-state index in [1.165, 1.54) is 6.07 Å². The fourth-order valence-electron chi connectivity index (χ4n) is 3.47. The molecule has 1 aliphatic carbocycles. The summed E-state index contributed by atoms with van der Waals surface area (Å²) in [5, 5.41) is 3.36. The molecule has 9 heteroatoms. The Morgan fingerprint density at radius 2 is 2.06 bits per heavy atom. The molecule has 1 aliphatic rings. The Morgan fingerprint density at radius 1 is 1.29 bits per heavy atom. The molecule has 2 heterocycles. The molecule has 1 fully saturated rings. The second-order valence-electron chi connectivity index (χ2n) is 7.74. The Hall–Kier alpha value is -2.97. The van der Waals surface area contributed by atoms with Gasteiger partial charge < -0.3 is 9.88 Å². The smallest absolute Gasteiger partial charge is 0.268 e. The van der Waals surface area contributed by atoms with Crippen molar-refractivity contribution in [3.8, 4) is 11.4 Å². The first-order valence-electron chi connectivity index (χ1n) is 10.3. The molecule has 164 valence electrons. The van der Waals surface area contributed by atoms with Crippen molar-refractivity contribution >= 4 is 16.6 Å². The summed E-state index contributed by atoms with van der Waals surface area (Å²) in [6, 6.07) is 3.67. The first-order valence-corrected chi connectivity index (χ1v) is 10.3. The Labute approximate surface area is 176 Å². The molecule has 2 unspecified atom stereocenters. The number of aromatic nitrogens is 3. The van der Waals surface area contributed by atoms with Crippen molar-refractivity contribution in [3.05, 3.63) is 52.3 Å². The van der Waals surface area contributed by atoms with Crippen molar-refractivity contribution in [2.45, 2.75) is 57.8 Å². The van der Waals surface area contributed by atoms with Crippen molar-refractivity contribution in [2.75, 3.05) is 5.32 Å². The molecule has 3 aromatic rings. The molecule has 5 nitrogen and oxygen atoms in total. The number of hydrogen-bond acceptors (Lipinski definition) is 4. The number of anilines is 1. The predicted octanol–water partition coefficient (Wildman–Crippen LogP) is 5.25. The first kappa shape index (κ1) is 21.3. The van der Waals surface area contributed by atoms with Gasteiger partial charge in [-0.15, -0.1) is 0 Å². The SMILES string of the molecule is CCCCCn1ccc2cc(-c3ncc(C(F)F)c(NC4CC4F)n3)c(F)cc2c1=O. The summed E-state index contributed by atoms with van der Waals surface area (Å²) in [4.78, 5) is 20.6. The van der Waals surface area contributed by atoms with Crippen LogP contribution in [0.1, 0.15) is 44.6 Å². The Kier molecular flexibility index (Phi) is 5.93. The van der Waals surface area contributed by atoms with Crippen LogP contribution in [0.3, 0.4) is 0 Å². The van der Waals surface area contributed by atoms with Gasteiger partial charge >= 0.3 is 0 Å². The average molecular weight is 434 g/mol. The van der Waals surface area contributed by atoms with Crippen LogP contribution >= 0.6 is 0 Å². The number of fused-ring (bicyclic) bond motifs is 1. The third-order valence-corrected chi connectivity index (χ3v) is 5.39. The number of halogens is 4. The van der Waals surface area contributed by atoms with Gasteiger partial charge in [0.05, 0.1) is 22.6 Å². The van der Waals surface area contributed by atoms with Crippen molar-refractivity contribution in [1.29, 1.82) is 0 Å². The van der Waals surface area contributed by atoms with E-state index in [0.29, 0.717) is 11.9 Å².